The van der Waals surface area contributed by atoms with Gasteiger partial charge >= 0.3 is 0 Å². The van der Waals surface area contributed by atoms with Crippen LogP contribution >= 0.6 is 0 Å². The van der Waals surface area contributed by atoms with Gasteiger partial charge in [-0.2, -0.15) is 0 Å². The molecule has 0 radical (unpaired) electrons. The fourth-order valence-corrected chi connectivity index (χ4v) is 2.42. The van der Waals surface area contributed by atoms with Crippen LogP contribution in [0.5, 0.6) is 0 Å². The highest BCUT2D eigenvalue weighted by Crippen LogP contribution is 2.11. The van der Waals surface area contributed by atoms with Crippen molar-refractivity contribution in [2.75, 3.05) is 0 Å². The number of hydrogen-bond donors (Lipinski definition) is 0. The van der Waals surface area contributed by atoms with Gasteiger partial charge in [0.05, 0.1) is 0 Å². The predicted molar refractivity (Wildman–Crippen MR) is 94.1 cm³/mol. The van der Waals surface area contributed by atoms with Gasteiger partial charge in [0.15, 0.2) is 5.78 Å². The van der Waals surface area contributed by atoms with Gasteiger partial charge in [0.1, 0.15) is 0 Å². The fourth-order valence-electron chi connectivity index (χ4n) is 2.42. The number of benzene rings is 2. The number of aryl methyl sites for hydroxylation is 1. The van der Waals surface area contributed by atoms with E-state index in [-0.39, 0.29) is 5.78 Å². The van der Waals surface area contributed by atoms with E-state index in [1.165, 1.54) is 31.2 Å². The SMILES string of the molecule is CCCCCCc1ccc(C(=O)/C=C/c2ccccc2)cc1. The molecule has 0 aromatic heterocycles. The number of carbonyl (C=O) groups excluding carboxylic acids is 1. The summed E-state index contributed by atoms with van der Waals surface area (Å²) in [5.41, 5.74) is 3.12. The van der Waals surface area contributed by atoms with Crippen LogP contribution in [0.15, 0.2) is 60.7 Å². The molecule has 0 bridgehead atoms. The van der Waals surface area contributed by atoms with E-state index in [0.29, 0.717) is 0 Å². The Hall–Kier alpha value is -2.15. The summed E-state index contributed by atoms with van der Waals surface area (Å²) in [5, 5.41) is 0. The molecule has 0 aliphatic carbocycles. The van der Waals surface area contributed by atoms with E-state index in [4.69, 9.17) is 0 Å². The van der Waals surface area contributed by atoms with E-state index in [0.717, 1.165) is 17.5 Å². The lowest BCUT2D eigenvalue weighted by atomic mass is 10.0. The van der Waals surface area contributed by atoms with Crippen molar-refractivity contribution < 1.29 is 4.79 Å². The lowest BCUT2D eigenvalue weighted by molar-refractivity contribution is 0.104. The van der Waals surface area contributed by atoms with Crippen LogP contribution in [-0.4, -0.2) is 5.78 Å². The quantitative estimate of drug-likeness (QED) is 0.346. The number of rotatable bonds is 8. The molecule has 0 aliphatic rings. The molecule has 22 heavy (non-hydrogen) atoms. The summed E-state index contributed by atoms with van der Waals surface area (Å²) < 4.78 is 0. The molecule has 0 fully saturated rings. The molecule has 2 aromatic carbocycles. The van der Waals surface area contributed by atoms with E-state index < -0.39 is 0 Å². The number of carbonyl (C=O) groups is 1. The van der Waals surface area contributed by atoms with Crippen molar-refractivity contribution in [3.8, 4) is 0 Å². The second kappa shape index (κ2) is 8.99. The van der Waals surface area contributed by atoms with Crippen LogP contribution in [0.25, 0.3) is 6.08 Å². The van der Waals surface area contributed by atoms with Gasteiger partial charge in [-0.05, 0) is 30.0 Å². The van der Waals surface area contributed by atoms with Crippen molar-refractivity contribution in [1.82, 2.24) is 0 Å². The molecule has 1 heteroatoms. The van der Waals surface area contributed by atoms with Crippen LogP contribution in [0.1, 0.15) is 54.1 Å². The molecule has 1 nitrogen and oxygen atoms in total. The maximum Gasteiger partial charge on any atom is 0.185 e. The minimum Gasteiger partial charge on any atom is -0.289 e. The van der Waals surface area contributed by atoms with Crippen molar-refractivity contribution in [2.24, 2.45) is 0 Å². The van der Waals surface area contributed by atoms with Gasteiger partial charge in [0.2, 0.25) is 0 Å². The van der Waals surface area contributed by atoms with Crippen LogP contribution in [0.4, 0.5) is 0 Å². The third-order valence-electron chi connectivity index (χ3n) is 3.78. The summed E-state index contributed by atoms with van der Waals surface area (Å²) in [5.74, 6) is 0.0568. The summed E-state index contributed by atoms with van der Waals surface area (Å²) in [7, 11) is 0. The van der Waals surface area contributed by atoms with E-state index in [1.54, 1.807) is 6.08 Å². The van der Waals surface area contributed by atoms with Crippen LogP contribution in [0.3, 0.4) is 0 Å². The van der Waals surface area contributed by atoms with Gasteiger partial charge in [-0.25, -0.2) is 0 Å². The van der Waals surface area contributed by atoms with Crippen LogP contribution < -0.4 is 0 Å². The summed E-state index contributed by atoms with van der Waals surface area (Å²) in [4.78, 5) is 12.1. The van der Waals surface area contributed by atoms with Gasteiger partial charge in [0, 0.05) is 5.56 Å². The Labute approximate surface area is 133 Å². The molecule has 0 heterocycles. The molecule has 114 valence electrons. The van der Waals surface area contributed by atoms with Gasteiger partial charge in [-0.15, -0.1) is 0 Å². The molecule has 0 N–H and O–H groups in total. The molecule has 0 aliphatic heterocycles. The molecule has 0 amide bonds. The molecule has 0 saturated carbocycles. The maximum atomic E-state index is 12.1. The molecule has 0 atom stereocenters. The minimum atomic E-state index is 0.0568. The predicted octanol–water partition coefficient (Wildman–Crippen LogP) is 5.71. The van der Waals surface area contributed by atoms with Gasteiger partial charge in [0.25, 0.3) is 0 Å². The first-order valence-corrected chi connectivity index (χ1v) is 8.16. The Balaban J connectivity index is 1.89. The average molecular weight is 292 g/mol. The fraction of sp³-hybridized carbons (Fsp3) is 0.286. The maximum absolute atomic E-state index is 12.1. The van der Waals surface area contributed by atoms with E-state index in [2.05, 4.69) is 19.1 Å². The molecule has 2 aromatic rings. The highest BCUT2D eigenvalue weighted by atomic mass is 16.1. The van der Waals surface area contributed by atoms with Crippen molar-refractivity contribution in [3.05, 3.63) is 77.4 Å². The zero-order chi connectivity index (χ0) is 15.6. The van der Waals surface area contributed by atoms with Gasteiger partial charge in [-0.3, -0.25) is 4.79 Å². The highest BCUT2D eigenvalue weighted by molar-refractivity contribution is 6.06. The summed E-state index contributed by atoms with van der Waals surface area (Å²) in [6, 6.07) is 17.9. The van der Waals surface area contributed by atoms with Gasteiger partial charge in [-0.1, -0.05) is 86.9 Å². The Morgan fingerprint density at radius 1 is 0.909 bits per heavy atom. The largest absolute Gasteiger partial charge is 0.289 e. The summed E-state index contributed by atoms with van der Waals surface area (Å²) >= 11 is 0. The van der Waals surface area contributed by atoms with Crippen molar-refractivity contribution in [2.45, 2.75) is 39.0 Å². The topological polar surface area (TPSA) is 17.1 Å². The summed E-state index contributed by atoms with van der Waals surface area (Å²) in [6.07, 6.45) is 9.70. The molecule has 2 rings (SSSR count). The summed E-state index contributed by atoms with van der Waals surface area (Å²) in [6.45, 7) is 2.23. The highest BCUT2D eigenvalue weighted by Gasteiger charge is 2.02. The Morgan fingerprint density at radius 2 is 1.64 bits per heavy atom. The van der Waals surface area contributed by atoms with Crippen molar-refractivity contribution >= 4 is 11.9 Å². The molecule has 0 spiro atoms. The number of hydrogen-bond acceptors (Lipinski definition) is 1. The first-order valence-electron chi connectivity index (χ1n) is 8.16. The number of unbranched alkanes of at least 4 members (excludes halogenated alkanes) is 3. The lowest BCUT2D eigenvalue weighted by Gasteiger charge is -2.02. The second-order valence-electron chi connectivity index (χ2n) is 5.62. The van der Waals surface area contributed by atoms with Crippen molar-refractivity contribution in [1.29, 1.82) is 0 Å². The monoisotopic (exact) mass is 292 g/mol. The standard InChI is InChI=1S/C21H24O/c1-2-3-4-6-11-19-12-15-20(16-13-19)21(22)17-14-18-9-7-5-8-10-18/h5,7-10,12-17H,2-4,6,11H2,1H3/b17-14+. The molecular weight excluding hydrogens is 268 g/mol. The zero-order valence-corrected chi connectivity index (χ0v) is 13.3. The third-order valence-corrected chi connectivity index (χ3v) is 3.78. The second-order valence-corrected chi connectivity index (χ2v) is 5.62. The third kappa shape index (κ3) is 5.33. The Kier molecular flexibility index (Phi) is 6.63. The first-order chi connectivity index (χ1) is 10.8. The zero-order valence-electron chi connectivity index (χ0n) is 13.3. The van der Waals surface area contributed by atoms with Crippen molar-refractivity contribution in [3.63, 3.8) is 0 Å². The van der Waals surface area contributed by atoms with Crippen LogP contribution in [-0.2, 0) is 6.42 Å². The van der Waals surface area contributed by atoms with E-state index in [9.17, 15) is 4.79 Å². The minimum absolute atomic E-state index is 0.0568. The Bertz CT molecular complexity index is 594. The number of allylic oxidation sites excluding steroid dienone is 1. The Morgan fingerprint density at radius 3 is 2.32 bits per heavy atom. The van der Waals surface area contributed by atoms with E-state index >= 15 is 0 Å². The molecule has 0 unspecified atom stereocenters. The smallest absolute Gasteiger partial charge is 0.185 e. The molecular formula is C21H24O. The number of ketones is 1. The lowest BCUT2D eigenvalue weighted by Crippen LogP contribution is -1.95. The average Bonchev–Trinajstić information content (AvgIpc) is 2.58. The van der Waals surface area contributed by atoms with Crippen LogP contribution in [0.2, 0.25) is 0 Å². The van der Waals surface area contributed by atoms with Gasteiger partial charge < -0.3 is 0 Å². The van der Waals surface area contributed by atoms with E-state index in [1.807, 2.05) is 48.5 Å². The normalized spacial score (nSPS) is 11.0. The molecule has 0 saturated heterocycles. The van der Waals surface area contributed by atoms with Crippen LogP contribution in [0, 0.1) is 0 Å². The first kappa shape index (κ1) is 16.2.